The van der Waals surface area contributed by atoms with E-state index in [9.17, 15) is 9.18 Å². The average Bonchev–Trinajstić information content (AvgIpc) is 2.75. The molecule has 1 aromatic carbocycles. The zero-order valence-electron chi connectivity index (χ0n) is 10.3. The molecule has 1 fully saturated rings. The van der Waals surface area contributed by atoms with Gasteiger partial charge in [0.15, 0.2) is 0 Å². The number of nitrogens with one attached hydrogen (secondary N) is 1. The molecule has 0 saturated carbocycles. The molecule has 0 bridgehead atoms. The molecule has 0 aromatic heterocycles. The Balaban J connectivity index is 1.99. The van der Waals surface area contributed by atoms with E-state index in [1.54, 1.807) is 13.0 Å². The van der Waals surface area contributed by atoms with Crippen molar-refractivity contribution in [2.45, 2.75) is 32.0 Å². The van der Waals surface area contributed by atoms with Crippen LogP contribution in [0.1, 0.15) is 18.4 Å². The summed E-state index contributed by atoms with van der Waals surface area (Å²) >= 11 is 0. The van der Waals surface area contributed by atoms with Gasteiger partial charge in [0.05, 0.1) is 6.10 Å². The molecule has 4 nitrogen and oxygen atoms in total. The maximum absolute atomic E-state index is 13.2. The molecule has 0 radical (unpaired) electrons. The SMILES string of the molecule is Cc1cc(F)cc(NC(=O)C2CCC(CN)O2)c1. The largest absolute Gasteiger partial charge is 0.364 e. The van der Waals surface area contributed by atoms with Crippen LogP contribution in [0.3, 0.4) is 0 Å². The summed E-state index contributed by atoms with van der Waals surface area (Å²) in [4.78, 5) is 11.9. The van der Waals surface area contributed by atoms with Gasteiger partial charge >= 0.3 is 0 Å². The molecule has 1 aliphatic rings. The molecule has 0 aliphatic carbocycles. The first-order chi connectivity index (χ1) is 8.58. The Hall–Kier alpha value is -1.46. The van der Waals surface area contributed by atoms with Gasteiger partial charge in [-0.2, -0.15) is 0 Å². The van der Waals surface area contributed by atoms with Gasteiger partial charge < -0.3 is 15.8 Å². The third-order valence-corrected chi connectivity index (χ3v) is 2.97. The van der Waals surface area contributed by atoms with E-state index >= 15 is 0 Å². The lowest BCUT2D eigenvalue weighted by atomic mass is 10.1. The Labute approximate surface area is 105 Å². The summed E-state index contributed by atoms with van der Waals surface area (Å²) in [5, 5.41) is 2.67. The monoisotopic (exact) mass is 252 g/mol. The Morgan fingerprint density at radius 3 is 2.89 bits per heavy atom. The topological polar surface area (TPSA) is 64.4 Å². The first-order valence-corrected chi connectivity index (χ1v) is 6.02. The Kier molecular flexibility index (Phi) is 3.93. The van der Waals surface area contributed by atoms with Crippen molar-refractivity contribution in [1.29, 1.82) is 0 Å². The highest BCUT2D eigenvalue weighted by molar-refractivity contribution is 5.94. The molecule has 1 heterocycles. The summed E-state index contributed by atoms with van der Waals surface area (Å²) in [5.41, 5.74) is 6.70. The van der Waals surface area contributed by atoms with E-state index in [4.69, 9.17) is 10.5 Å². The number of halogens is 1. The van der Waals surface area contributed by atoms with Crippen LogP contribution in [0.4, 0.5) is 10.1 Å². The minimum absolute atomic E-state index is 0.0463. The lowest BCUT2D eigenvalue weighted by Gasteiger charge is -2.13. The number of carbonyl (C=O) groups is 1. The first kappa shape index (κ1) is 13.0. The van der Waals surface area contributed by atoms with Crippen LogP contribution in [-0.4, -0.2) is 24.7 Å². The molecule has 98 valence electrons. The van der Waals surface area contributed by atoms with Crippen molar-refractivity contribution < 1.29 is 13.9 Å². The van der Waals surface area contributed by atoms with Crippen molar-refractivity contribution in [2.24, 2.45) is 5.73 Å². The molecule has 1 aromatic rings. The summed E-state index contributed by atoms with van der Waals surface area (Å²) in [6.45, 7) is 2.19. The lowest BCUT2D eigenvalue weighted by molar-refractivity contribution is -0.126. The van der Waals surface area contributed by atoms with Crippen LogP contribution in [0.5, 0.6) is 0 Å². The van der Waals surface area contributed by atoms with Gasteiger partial charge in [0.2, 0.25) is 0 Å². The van der Waals surface area contributed by atoms with Crippen molar-refractivity contribution in [3.8, 4) is 0 Å². The van der Waals surface area contributed by atoms with Crippen LogP contribution in [0.25, 0.3) is 0 Å². The van der Waals surface area contributed by atoms with Gasteiger partial charge in [-0.1, -0.05) is 0 Å². The molecule has 2 unspecified atom stereocenters. The number of hydrogen-bond acceptors (Lipinski definition) is 3. The normalized spacial score (nSPS) is 23.1. The van der Waals surface area contributed by atoms with Crippen molar-refractivity contribution in [2.75, 3.05) is 11.9 Å². The smallest absolute Gasteiger partial charge is 0.253 e. The molecule has 1 amide bonds. The molecule has 5 heteroatoms. The molecular formula is C13H17FN2O2. The van der Waals surface area contributed by atoms with Gasteiger partial charge in [-0.25, -0.2) is 4.39 Å². The molecule has 2 rings (SSSR count). The highest BCUT2D eigenvalue weighted by atomic mass is 19.1. The fourth-order valence-corrected chi connectivity index (χ4v) is 2.10. The number of ether oxygens (including phenoxy) is 1. The molecule has 0 spiro atoms. The van der Waals surface area contributed by atoms with E-state index in [1.807, 2.05) is 0 Å². The summed E-state index contributed by atoms with van der Waals surface area (Å²) in [6, 6.07) is 4.42. The van der Waals surface area contributed by atoms with Crippen molar-refractivity contribution in [1.82, 2.24) is 0 Å². The lowest BCUT2D eigenvalue weighted by Crippen LogP contribution is -2.29. The highest BCUT2D eigenvalue weighted by Crippen LogP contribution is 2.21. The number of anilines is 1. The predicted molar refractivity (Wildman–Crippen MR) is 66.7 cm³/mol. The quantitative estimate of drug-likeness (QED) is 0.858. The maximum Gasteiger partial charge on any atom is 0.253 e. The molecule has 3 N–H and O–H groups in total. The van der Waals surface area contributed by atoms with Gasteiger partial charge in [0, 0.05) is 12.2 Å². The zero-order valence-corrected chi connectivity index (χ0v) is 10.3. The number of carbonyl (C=O) groups excluding carboxylic acids is 1. The van der Waals surface area contributed by atoms with Crippen LogP contribution in [-0.2, 0) is 9.53 Å². The minimum atomic E-state index is -0.484. The van der Waals surface area contributed by atoms with Gasteiger partial charge in [-0.15, -0.1) is 0 Å². The Morgan fingerprint density at radius 1 is 1.50 bits per heavy atom. The standard InChI is InChI=1S/C13H17FN2O2/c1-8-4-9(14)6-10(5-8)16-13(17)12-3-2-11(7-15)18-12/h4-6,11-12H,2-3,7,15H2,1H3,(H,16,17). The fraction of sp³-hybridized carbons (Fsp3) is 0.462. The second-order valence-corrected chi connectivity index (χ2v) is 4.57. The first-order valence-electron chi connectivity index (χ1n) is 6.02. The van der Waals surface area contributed by atoms with Crippen molar-refractivity contribution in [3.05, 3.63) is 29.6 Å². The van der Waals surface area contributed by atoms with Crippen molar-refractivity contribution >= 4 is 11.6 Å². The third kappa shape index (κ3) is 3.05. The van der Waals surface area contributed by atoms with E-state index in [0.29, 0.717) is 18.7 Å². The number of nitrogens with two attached hydrogens (primary N) is 1. The number of rotatable bonds is 3. The Morgan fingerprint density at radius 2 is 2.28 bits per heavy atom. The summed E-state index contributed by atoms with van der Waals surface area (Å²) in [6.07, 6.45) is 0.913. The van der Waals surface area contributed by atoms with E-state index in [2.05, 4.69) is 5.32 Å². The Bertz CT molecular complexity index is 430. The van der Waals surface area contributed by atoms with Gasteiger partial charge in [0.1, 0.15) is 11.9 Å². The minimum Gasteiger partial charge on any atom is -0.364 e. The van der Waals surface area contributed by atoms with Crippen LogP contribution in [0.15, 0.2) is 18.2 Å². The predicted octanol–water partition coefficient (Wildman–Crippen LogP) is 1.58. The highest BCUT2D eigenvalue weighted by Gasteiger charge is 2.29. The molecule has 1 saturated heterocycles. The summed E-state index contributed by atoms with van der Waals surface area (Å²) in [7, 11) is 0. The summed E-state index contributed by atoms with van der Waals surface area (Å²) in [5.74, 6) is -0.603. The molecular weight excluding hydrogens is 235 g/mol. The number of benzene rings is 1. The summed E-state index contributed by atoms with van der Waals surface area (Å²) < 4.78 is 18.6. The number of hydrogen-bond donors (Lipinski definition) is 2. The second kappa shape index (κ2) is 5.46. The van der Waals surface area contributed by atoms with Gasteiger partial charge in [0.25, 0.3) is 5.91 Å². The van der Waals surface area contributed by atoms with Gasteiger partial charge in [-0.05, 0) is 43.5 Å². The van der Waals surface area contributed by atoms with Crippen LogP contribution in [0, 0.1) is 12.7 Å². The van der Waals surface area contributed by atoms with E-state index in [-0.39, 0.29) is 17.8 Å². The number of aryl methyl sites for hydroxylation is 1. The number of amides is 1. The van der Waals surface area contributed by atoms with Crippen LogP contribution in [0.2, 0.25) is 0 Å². The average molecular weight is 252 g/mol. The van der Waals surface area contributed by atoms with Crippen molar-refractivity contribution in [3.63, 3.8) is 0 Å². The zero-order chi connectivity index (χ0) is 13.1. The van der Waals surface area contributed by atoms with Crippen LogP contribution >= 0.6 is 0 Å². The van der Waals surface area contributed by atoms with Gasteiger partial charge in [-0.3, -0.25) is 4.79 Å². The van der Waals surface area contributed by atoms with E-state index < -0.39 is 6.10 Å². The third-order valence-electron chi connectivity index (χ3n) is 2.97. The van der Waals surface area contributed by atoms with E-state index in [0.717, 1.165) is 12.0 Å². The molecule has 18 heavy (non-hydrogen) atoms. The van der Waals surface area contributed by atoms with E-state index in [1.165, 1.54) is 12.1 Å². The van der Waals surface area contributed by atoms with Crippen LogP contribution < -0.4 is 11.1 Å². The molecule has 2 atom stereocenters. The fourth-order valence-electron chi connectivity index (χ4n) is 2.10. The molecule has 1 aliphatic heterocycles. The maximum atomic E-state index is 13.2. The second-order valence-electron chi connectivity index (χ2n) is 4.57.